The Kier molecular flexibility index (Phi) is 5.55. The average Bonchev–Trinajstić information content (AvgIpc) is 3.05. The summed E-state index contributed by atoms with van der Waals surface area (Å²) in [5, 5.41) is 28.1. The second-order valence-corrected chi connectivity index (χ2v) is 9.42. The van der Waals surface area contributed by atoms with Crippen molar-refractivity contribution in [1.29, 1.82) is 5.26 Å². The van der Waals surface area contributed by atoms with Crippen LogP contribution in [0.1, 0.15) is 67.2 Å². The quantitative estimate of drug-likeness (QED) is 0.499. The number of aliphatic hydroxyl groups excluding tert-OH is 1. The molecule has 158 valence electrons. The summed E-state index contributed by atoms with van der Waals surface area (Å²) in [5.74, 6) is 1.25. The first kappa shape index (κ1) is 20.8. The normalized spacial score (nSPS) is 31.4. The maximum atomic E-state index is 14.5. The molecule has 5 heteroatoms. The first-order chi connectivity index (χ1) is 14.3. The van der Waals surface area contributed by atoms with Crippen molar-refractivity contribution < 1.29 is 19.4 Å². The lowest BCUT2D eigenvalue weighted by Crippen LogP contribution is -2.44. The molecule has 1 heterocycles. The molecule has 3 unspecified atom stereocenters. The van der Waals surface area contributed by atoms with Crippen LogP contribution < -0.4 is 4.73 Å². The minimum Gasteiger partial charge on any atom is -0.393 e. The number of fused-ring (bicyclic) bond motifs is 5. The van der Waals surface area contributed by atoms with Gasteiger partial charge in [-0.3, -0.25) is 5.21 Å². The van der Waals surface area contributed by atoms with Crippen LogP contribution in [0.5, 0.6) is 0 Å². The lowest BCUT2D eigenvalue weighted by molar-refractivity contribution is -0.904. The Balaban J connectivity index is 0.000000230. The maximum Gasteiger partial charge on any atom is 0.222 e. The van der Waals surface area contributed by atoms with Crippen molar-refractivity contribution in [2.75, 3.05) is 0 Å². The summed E-state index contributed by atoms with van der Waals surface area (Å²) in [6, 6.07) is 9.26. The number of aliphatic hydroxyl groups is 1. The van der Waals surface area contributed by atoms with Crippen LogP contribution >= 0.6 is 0 Å². The standard InChI is InChI=1S/C19H22FNO.C6H8NO/c1-19-9-8-13-12-3-2-11(10-21)18(20)15(12)5-4-14(13)16(19)6-7-17(19)22;1-6-2-4-7(8)5-3-6/h2-3,13-14,16-17,22H,4-9H2,1H3;2-5,8H,1H3/q;+1/t13?,14?,16?,17-,19-;/m0./s1. The third-order valence-corrected chi connectivity index (χ3v) is 7.89. The van der Waals surface area contributed by atoms with Crippen LogP contribution in [-0.4, -0.2) is 16.4 Å². The topological polar surface area (TPSA) is 68.1 Å². The molecule has 3 aliphatic carbocycles. The predicted octanol–water partition coefficient (Wildman–Crippen LogP) is 4.43. The van der Waals surface area contributed by atoms with E-state index in [0.29, 0.717) is 17.8 Å². The number of halogens is 1. The highest BCUT2D eigenvalue weighted by Crippen LogP contribution is 2.60. The molecule has 0 radical (unpaired) electrons. The highest BCUT2D eigenvalue weighted by Gasteiger charge is 2.54. The van der Waals surface area contributed by atoms with Gasteiger partial charge < -0.3 is 5.11 Å². The first-order valence-electron chi connectivity index (χ1n) is 10.9. The number of aryl methyl sites for hydroxylation is 1. The van der Waals surface area contributed by atoms with E-state index < -0.39 is 0 Å². The van der Waals surface area contributed by atoms with E-state index in [4.69, 9.17) is 10.5 Å². The number of aromatic nitrogens is 1. The van der Waals surface area contributed by atoms with Gasteiger partial charge in [0.1, 0.15) is 11.9 Å². The molecule has 2 aromatic rings. The molecule has 30 heavy (non-hydrogen) atoms. The highest BCUT2D eigenvalue weighted by molar-refractivity contribution is 5.43. The Hall–Kier alpha value is -2.45. The molecular weight excluding hydrogens is 379 g/mol. The molecule has 0 bridgehead atoms. The monoisotopic (exact) mass is 409 g/mol. The lowest BCUT2D eigenvalue weighted by Gasteiger charge is -2.50. The van der Waals surface area contributed by atoms with Crippen molar-refractivity contribution in [3.63, 3.8) is 0 Å². The zero-order valence-electron chi connectivity index (χ0n) is 17.7. The van der Waals surface area contributed by atoms with E-state index in [0.717, 1.165) is 59.9 Å². The van der Waals surface area contributed by atoms with Crippen LogP contribution in [0.3, 0.4) is 0 Å². The van der Waals surface area contributed by atoms with Crippen molar-refractivity contribution >= 4 is 0 Å². The summed E-state index contributed by atoms with van der Waals surface area (Å²) in [6.45, 7) is 4.22. The predicted molar refractivity (Wildman–Crippen MR) is 110 cm³/mol. The second-order valence-electron chi connectivity index (χ2n) is 9.42. The maximum absolute atomic E-state index is 14.5. The Labute approximate surface area is 177 Å². The summed E-state index contributed by atoms with van der Waals surface area (Å²) in [6.07, 6.45) is 8.83. The van der Waals surface area contributed by atoms with Gasteiger partial charge >= 0.3 is 0 Å². The summed E-state index contributed by atoms with van der Waals surface area (Å²) in [7, 11) is 0. The van der Waals surface area contributed by atoms with Gasteiger partial charge in [0.05, 0.1) is 11.7 Å². The van der Waals surface area contributed by atoms with Crippen LogP contribution in [0.25, 0.3) is 0 Å². The van der Waals surface area contributed by atoms with Gasteiger partial charge in [-0.15, -0.1) is 0 Å². The fourth-order valence-electron chi connectivity index (χ4n) is 6.18. The summed E-state index contributed by atoms with van der Waals surface area (Å²) in [4.78, 5) is 0. The number of benzene rings is 1. The van der Waals surface area contributed by atoms with E-state index in [1.54, 1.807) is 18.5 Å². The molecule has 2 N–H and O–H groups in total. The van der Waals surface area contributed by atoms with Crippen LogP contribution in [0, 0.1) is 41.3 Å². The second kappa shape index (κ2) is 8.00. The van der Waals surface area contributed by atoms with Gasteiger partial charge in [-0.1, -0.05) is 13.0 Å². The number of pyridine rings is 1. The van der Waals surface area contributed by atoms with Crippen LogP contribution in [0.15, 0.2) is 36.7 Å². The zero-order valence-corrected chi connectivity index (χ0v) is 17.7. The van der Waals surface area contributed by atoms with Gasteiger partial charge in [0.25, 0.3) is 0 Å². The minimum absolute atomic E-state index is 0.0593. The van der Waals surface area contributed by atoms with Gasteiger partial charge in [0.2, 0.25) is 12.4 Å². The molecular formula is C25H30FN2O2+. The van der Waals surface area contributed by atoms with E-state index >= 15 is 0 Å². The van der Waals surface area contributed by atoms with Gasteiger partial charge in [0.15, 0.2) is 0 Å². The number of nitrogens with zero attached hydrogens (tertiary/aromatic N) is 2. The van der Waals surface area contributed by atoms with Crippen molar-refractivity contribution in [2.24, 2.45) is 17.3 Å². The van der Waals surface area contributed by atoms with Gasteiger partial charge in [-0.2, -0.15) is 5.26 Å². The zero-order chi connectivity index (χ0) is 21.5. The molecule has 1 aromatic carbocycles. The van der Waals surface area contributed by atoms with Crippen molar-refractivity contribution in [3.05, 3.63) is 64.7 Å². The van der Waals surface area contributed by atoms with Gasteiger partial charge in [-0.25, -0.2) is 4.39 Å². The van der Waals surface area contributed by atoms with Crippen molar-refractivity contribution in [2.45, 2.75) is 64.4 Å². The van der Waals surface area contributed by atoms with E-state index in [1.807, 2.05) is 31.2 Å². The Morgan fingerprint density at radius 1 is 1.13 bits per heavy atom. The first-order valence-corrected chi connectivity index (χ1v) is 10.9. The van der Waals surface area contributed by atoms with E-state index in [1.165, 1.54) is 0 Å². The SMILES string of the molecule is C[C@]12CCC3c4ccc(C#N)c(F)c4CCC3C1CC[C@@H]2O.Cc1cc[n+](O)cc1. The largest absolute Gasteiger partial charge is 0.393 e. The van der Waals surface area contributed by atoms with Crippen molar-refractivity contribution in [3.8, 4) is 6.07 Å². The van der Waals surface area contributed by atoms with Gasteiger partial charge in [0, 0.05) is 16.9 Å². The summed E-state index contributed by atoms with van der Waals surface area (Å²) < 4.78 is 15.5. The van der Waals surface area contributed by atoms with E-state index in [-0.39, 0.29) is 22.9 Å². The summed E-state index contributed by atoms with van der Waals surface area (Å²) >= 11 is 0. The van der Waals surface area contributed by atoms with E-state index in [2.05, 4.69) is 6.92 Å². The molecule has 3 aliphatic rings. The van der Waals surface area contributed by atoms with Gasteiger partial charge in [-0.05, 0) is 91.4 Å². The van der Waals surface area contributed by atoms with Crippen LogP contribution in [-0.2, 0) is 6.42 Å². The van der Waals surface area contributed by atoms with E-state index in [9.17, 15) is 9.50 Å². The Morgan fingerprint density at radius 2 is 1.87 bits per heavy atom. The average molecular weight is 410 g/mol. The Morgan fingerprint density at radius 3 is 2.53 bits per heavy atom. The third-order valence-electron chi connectivity index (χ3n) is 7.89. The molecule has 1 aromatic heterocycles. The minimum atomic E-state index is -0.293. The summed E-state index contributed by atoms with van der Waals surface area (Å²) in [5.41, 5.74) is 3.30. The molecule has 5 rings (SSSR count). The number of nitriles is 1. The number of hydrogen-bond acceptors (Lipinski definition) is 3. The lowest BCUT2D eigenvalue weighted by atomic mass is 9.55. The Bertz CT molecular complexity index is 947. The molecule has 0 saturated heterocycles. The fourth-order valence-corrected chi connectivity index (χ4v) is 6.18. The molecule has 2 fully saturated rings. The molecule has 0 aliphatic heterocycles. The molecule has 0 amide bonds. The molecule has 2 saturated carbocycles. The smallest absolute Gasteiger partial charge is 0.222 e. The molecule has 0 spiro atoms. The van der Waals surface area contributed by atoms with Crippen LogP contribution in [0.2, 0.25) is 0 Å². The van der Waals surface area contributed by atoms with Crippen molar-refractivity contribution in [1.82, 2.24) is 0 Å². The fraction of sp³-hybridized carbons (Fsp3) is 0.520. The highest BCUT2D eigenvalue weighted by atomic mass is 19.1. The molecule has 5 atom stereocenters. The number of rotatable bonds is 0. The number of hydrogen-bond donors (Lipinski definition) is 2. The van der Waals surface area contributed by atoms with Crippen LogP contribution in [0.4, 0.5) is 4.39 Å². The third kappa shape index (κ3) is 3.48. The molecule has 4 nitrogen and oxygen atoms in total.